The van der Waals surface area contributed by atoms with E-state index in [0.717, 1.165) is 35.1 Å². The summed E-state index contributed by atoms with van der Waals surface area (Å²) in [6.07, 6.45) is 0.715. The molecule has 0 radical (unpaired) electrons. The number of nitrogen functional groups attached to an aromatic ring is 1. The summed E-state index contributed by atoms with van der Waals surface area (Å²) in [4.78, 5) is 13.9. The third kappa shape index (κ3) is 5.12. The lowest BCUT2D eigenvalue weighted by Crippen LogP contribution is -2.57. The molecule has 2 aliphatic rings. The number of amidine groups is 1. The predicted octanol–water partition coefficient (Wildman–Crippen LogP) is -0.0184. The lowest BCUT2D eigenvalue weighted by atomic mass is 10.1. The summed E-state index contributed by atoms with van der Waals surface area (Å²) < 4.78 is 25.9. The topological polar surface area (TPSA) is 125 Å². The Morgan fingerprint density at radius 1 is 1.39 bits per heavy atom. The monoisotopic (exact) mass is 358 g/mol. The van der Waals surface area contributed by atoms with Gasteiger partial charge in [0.1, 0.15) is 6.04 Å². The molecule has 126 valence electrons. The lowest BCUT2D eigenvalue weighted by Gasteiger charge is -2.38. The molecule has 2 heterocycles. The first-order valence-electron chi connectivity index (χ1n) is 6.76. The summed E-state index contributed by atoms with van der Waals surface area (Å²) in [5, 5.41) is 4.19. The van der Waals surface area contributed by atoms with Crippen LogP contribution in [-0.2, 0) is 14.9 Å². The van der Waals surface area contributed by atoms with Crippen molar-refractivity contribution in [3.05, 3.63) is 29.8 Å². The minimum absolute atomic E-state index is 0.0126. The Hall–Kier alpha value is -1.78. The summed E-state index contributed by atoms with van der Waals surface area (Å²) in [5.41, 5.74) is 10.0. The number of hydrogen-bond acceptors (Lipinski definition) is 7. The van der Waals surface area contributed by atoms with Gasteiger partial charge in [-0.25, -0.2) is 5.43 Å². The maximum atomic E-state index is 11.8. The van der Waals surface area contributed by atoms with Gasteiger partial charge in [0.25, 0.3) is 16.0 Å². The van der Waals surface area contributed by atoms with Crippen LogP contribution in [0.5, 0.6) is 0 Å². The van der Waals surface area contributed by atoms with E-state index < -0.39 is 10.1 Å². The summed E-state index contributed by atoms with van der Waals surface area (Å²) in [6.45, 7) is 0.853. The Balaban J connectivity index is 0.000000338. The fourth-order valence-electron chi connectivity index (χ4n) is 2.18. The Morgan fingerprint density at radius 2 is 2.00 bits per heavy atom. The standard InChI is InChI=1S/C12H14N4OS.CH4O3S/c13-9-3-1-8(2-4-9)11-14-15-12(17)10-7-18-6-5-16(10)11;1-5(2,3)4/h1-4,10H,5-7,13H2,(H,15,17);1H3,(H,2,3,4). The first kappa shape index (κ1) is 17.6. The highest BCUT2D eigenvalue weighted by molar-refractivity contribution is 7.99. The van der Waals surface area contributed by atoms with Crippen LogP contribution in [0.4, 0.5) is 5.69 Å². The van der Waals surface area contributed by atoms with Gasteiger partial charge >= 0.3 is 0 Å². The molecular weight excluding hydrogens is 340 g/mol. The molecule has 0 saturated carbocycles. The molecule has 3 rings (SSSR count). The van der Waals surface area contributed by atoms with E-state index in [2.05, 4.69) is 15.4 Å². The minimum Gasteiger partial charge on any atom is -0.399 e. The van der Waals surface area contributed by atoms with Gasteiger partial charge in [-0.3, -0.25) is 9.35 Å². The number of hydrogen-bond donors (Lipinski definition) is 3. The van der Waals surface area contributed by atoms with Crippen molar-refractivity contribution in [2.24, 2.45) is 5.10 Å². The van der Waals surface area contributed by atoms with E-state index in [1.165, 1.54) is 0 Å². The number of carbonyl (C=O) groups excluding carboxylic acids is 1. The molecule has 0 spiro atoms. The van der Waals surface area contributed by atoms with Gasteiger partial charge in [0.05, 0.1) is 6.26 Å². The van der Waals surface area contributed by atoms with Crippen LogP contribution in [0.3, 0.4) is 0 Å². The number of nitrogens with zero attached hydrogens (tertiary/aromatic N) is 2. The molecular formula is C13H18N4O4S2. The number of nitrogens with two attached hydrogens (primary N) is 1. The molecule has 23 heavy (non-hydrogen) atoms. The van der Waals surface area contributed by atoms with Crippen LogP contribution in [0.25, 0.3) is 0 Å². The fourth-order valence-corrected chi connectivity index (χ4v) is 3.23. The number of fused-ring (bicyclic) bond motifs is 1. The van der Waals surface area contributed by atoms with E-state index in [4.69, 9.17) is 10.3 Å². The van der Waals surface area contributed by atoms with Gasteiger partial charge in [-0.1, -0.05) is 0 Å². The van der Waals surface area contributed by atoms with Gasteiger partial charge < -0.3 is 10.6 Å². The van der Waals surface area contributed by atoms with Crippen LogP contribution in [0.15, 0.2) is 29.4 Å². The van der Waals surface area contributed by atoms with Gasteiger partial charge in [-0.15, -0.1) is 0 Å². The van der Waals surface area contributed by atoms with Gasteiger partial charge in [0.2, 0.25) is 0 Å². The number of thioether (sulfide) groups is 1. The zero-order chi connectivity index (χ0) is 17.0. The average molecular weight is 358 g/mol. The molecule has 1 fully saturated rings. The van der Waals surface area contributed by atoms with Crippen LogP contribution in [0.1, 0.15) is 5.56 Å². The van der Waals surface area contributed by atoms with Crippen molar-refractivity contribution in [3.63, 3.8) is 0 Å². The molecule has 1 aromatic rings. The second-order valence-corrected chi connectivity index (χ2v) is 7.67. The first-order valence-corrected chi connectivity index (χ1v) is 9.76. The van der Waals surface area contributed by atoms with Gasteiger partial charge in [-0.05, 0) is 24.3 Å². The highest BCUT2D eigenvalue weighted by Crippen LogP contribution is 2.22. The van der Waals surface area contributed by atoms with Crippen molar-refractivity contribution in [3.8, 4) is 0 Å². The summed E-state index contributed by atoms with van der Waals surface area (Å²) in [6, 6.07) is 7.47. The van der Waals surface area contributed by atoms with Crippen LogP contribution < -0.4 is 11.2 Å². The molecule has 1 saturated heterocycles. The van der Waals surface area contributed by atoms with Crippen LogP contribution in [-0.4, -0.2) is 60.0 Å². The van der Waals surface area contributed by atoms with E-state index in [1.54, 1.807) is 11.8 Å². The number of nitrogens with one attached hydrogen (secondary N) is 1. The third-order valence-electron chi connectivity index (χ3n) is 3.14. The molecule has 0 aliphatic carbocycles. The summed E-state index contributed by atoms with van der Waals surface area (Å²) in [7, 11) is -3.67. The quantitative estimate of drug-likeness (QED) is 0.476. The minimum atomic E-state index is -3.67. The molecule has 0 bridgehead atoms. The zero-order valence-electron chi connectivity index (χ0n) is 12.5. The number of rotatable bonds is 1. The highest BCUT2D eigenvalue weighted by Gasteiger charge is 2.34. The fraction of sp³-hybridized carbons (Fsp3) is 0.385. The van der Waals surface area contributed by atoms with Gasteiger partial charge in [0.15, 0.2) is 5.84 Å². The SMILES string of the molecule is CS(=O)(=O)O.Nc1ccc(C2=NNC(=O)C3CSCCN23)cc1. The van der Waals surface area contributed by atoms with E-state index in [1.807, 2.05) is 24.3 Å². The number of benzene rings is 1. The maximum absolute atomic E-state index is 11.8. The zero-order valence-corrected chi connectivity index (χ0v) is 14.1. The average Bonchev–Trinajstić information content (AvgIpc) is 2.48. The second kappa shape index (κ2) is 7.20. The molecule has 2 aliphatic heterocycles. The van der Waals surface area contributed by atoms with E-state index in [0.29, 0.717) is 6.26 Å². The molecule has 10 heteroatoms. The Morgan fingerprint density at radius 3 is 2.61 bits per heavy atom. The van der Waals surface area contributed by atoms with E-state index in [9.17, 15) is 13.2 Å². The van der Waals surface area contributed by atoms with E-state index in [-0.39, 0.29) is 11.9 Å². The third-order valence-corrected chi connectivity index (χ3v) is 4.17. The first-order chi connectivity index (χ1) is 10.8. The van der Waals surface area contributed by atoms with Crippen molar-refractivity contribution < 1.29 is 17.8 Å². The maximum Gasteiger partial charge on any atom is 0.263 e. The number of anilines is 1. The summed E-state index contributed by atoms with van der Waals surface area (Å²) in [5.74, 6) is 2.67. The van der Waals surface area contributed by atoms with Crippen molar-refractivity contribution in [2.45, 2.75) is 6.04 Å². The van der Waals surface area contributed by atoms with Crippen molar-refractivity contribution in [1.82, 2.24) is 10.3 Å². The number of amides is 1. The van der Waals surface area contributed by atoms with Crippen LogP contribution in [0.2, 0.25) is 0 Å². The van der Waals surface area contributed by atoms with Crippen molar-refractivity contribution >= 4 is 39.3 Å². The van der Waals surface area contributed by atoms with E-state index >= 15 is 0 Å². The number of carbonyl (C=O) groups is 1. The second-order valence-electron chi connectivity index (χ2n) is 5.05. The Bertz CT molecular complexity index is 695. The largest absolute Gasteiger partial charge is 0.399 e. The van der Waals surface area contributed by atoms with Crippen LogP contribution in [0, 0.1) is 0 Å². The lowest BCUT2D eigenvalue weighted by molar-refractivity contribution is -0.125. The Labute approximate surface area is 138 Å². The smallest absolute Gasteiger partial charge is 0.263 e. The summed E-state index contributed by atoms with van der Waals surface area (Å²) >= 11 is 1.81. The van der Waals surface area contributed by atoms with Gasteiger partial charge in [0, 0.05) is 29.3 Å². The normalized spacial score (nSPS) is 20.6. The van der Waals surface area contributed by atoms with Gasteiger partial charge in [-0.2, -0.15) is 25.3 Å². The predicted molar refractivity (Wildman–Crippen MR) is 90.8 cm³/mol. The molecule has 1 atom stereocenters. The molecule has 1 aromatic carbocycles. The molecule has 1 amide bonds. The molecule has 1 unspecified atom stereocenters. The number of hydrazone groups is 1. The van der Waals surface area contributed by atoms with Crippen LogP contribution >= 0.6 is 11.8 Å². The highest BCUT2D eigenvalue weighted by atomic mass is 32.2. The Kier molecular flexibility index (Phi) is 5.50. The van der Waals surface area contributed by atoms with Crippen molar-refractivity contribution in [1.29, 1.82) is 0 Å². The molecule has 0 aromatic heterocycles. The molecule has 4 N–H and O–H groups in total. The molecule has 8 nitrogen and oxygen atoms in total. The van der Waals surface area contributed by atoms with Crippen molar-refractivity contribution in [2.75, 3.05) is 30.0 Å².